The van der Waals surface area contributed by atoms with E-state index in [2.05, 4.69) is 5.32 Å². The summed E-state index contributed by atoms with van der Waals surface area (Å²) in [5.74, 6) is -0.897. The molecule has 0 spiro atoms. The molecular weight excluding hydrogens is 628 g/mol. The fourth-order valence-corrected chi connectivity index (χ4v) is 6.45. The number of nitrogens with one attached hydrogen (secondary N) is 1. The molecule has 0 heterocycles. The molecule has 12 heteroatoms. The van der Waals surface area contributed by atoms with Crippen molar-refractivity contribution in [2.45, 2.75) is 37.8 Å². The van der Waals surface area contributed by atoms with Crippen LogP contribution in [-0.4, -0.2) is 49.2 Å². The van der Waals surface area contributed by atoms with Gasteiger partial charge in [0.15, 0.2) is 0 Å². The number of carbonyl (C=O) groups is 2. The fourth-order valence-electron chi connectivity index (χ4n) is 4.80. The molecule has 0 aliphatic rings. The van der Waals surface area contributed by atoms with Crippen molar-refractivity contribution in [3.63, 3.8) is 0 Å². The molecule has 0 unspecified atom stereocenters. The molecule has 46 heavy (non-hydrogen) atoms. The third-order valence-electron chi connectivity index (χ3n) is 7.16. The first-order chi connectivity index (χ1) is 22.0. The molecule has 0 saturated heterocycles. The van der Waals surface area contributed by atoms with Gasteiger partial charge in [0, 0.05) is 36.7 Å². The number of amides is 2. The van der Waals surface area contributed by atoms with E-state index >= 15 is 0 Å². The first-order valence-corrected chi connectivity index (χ1v) is 16.5. The predicted molar refractivity (Wildman–Crippen MR) is 178 cm³/mol. The Morgan fingerprint density at radius 2 is 1.48 bits per heavy atom. The van der Waals surface area contributed by atoms with Crippen LogP contribution in [0.5, 0.6) is 0 Å². The Morgan fingerprint density at radius 1 is 0.870 bits per heavy atom. The van der Waals surface area contributed by atoms with Gasteiger partial charge in [-0.1, -0.05) is 86.1 Å². The van der Waals surface area contributed by atoms with E-state index in [4.69, 9.17) is 11.6 Å². The van der Waals surface area contributed by atoms with Gasteiger partial charge >= 0.3 is 0 Å². The molecule has 0 aromatic heterocycles. The van der Waals surface area contributed by atoms with E-state index in [9.17, 15) is 28.1 Å². The van der Waals surface area contributed by atoms with Crippen LogP contribution in [0.1, 0.15) is 25.0 Å². The molecule has 0 saturated carbocycles. The number of non-ortho nitro benzene ring substituents is 1. The first-order valence-electron chi connectivity index (χ1n) is 14.6. The number of sulfonamides is 1. The van der Waals surface area contributed by atoms with Crippen LogP contribution in [0.15, 0.2) is 114 Å². The van der Waals surface area contributed by atoms with Crippen LogP contribution in [0.2, 0.25) is 5.02 Å². The number of nitro groups is 1. The van der Waals surface area contributed by atoms with Crippen molar-refractivity contribution >= 4 is 44.8 Å². The number of anilines is 1. The SMILES string of the molecule is CC(C)CNC(=O)[C@H](Cc1ccccc1)N(Cc1cccc(Cl)c1)C(=O)CN(c1ccc([N+](=O)[O-])cc1)S(=O)(=O)c1ccccc1. The van der Waals surface area contributed by atoms with Crippen LogP contribution in [0.3, 0.4) is 0 Å². The molecule has 0 radical (unpaired) electrons. The minimum absolute atomic E-state index is 0.0362. The number of halogens is 1. The van der Waals surface area contributed by atoms with Crippen molar-refractivity contribution in [3.8, 4) is 0 Å². The molecule has 0 aliphatic heterocycles. The normalized spacial score (nSPS) is 11.9. The zero-order valence-corrected chi connectivity index (χ0v) is 27.0. The number of carbonyl (C=O) groups excluding carboxylic acids is 2. The average Bonchev–Trinajstić information content (AvgIpc) is 3.05. The number of hydrogen-bond acceptors (Lipinski definition) is 6. The summed E-state index contributed by atoms with van der Waals surface area (Å²) in [6.07, 6.45) is 0.167. The third kappa shape index (κ3) is 8.92. The Morgan fingerprint density at radius 3 is 2.07 bits per heavy atom. The van der Waals surface area contributed by atoms with Crippen molar-refractivity contribution in [1.29, 1.82) is 0 Å². The molecule has 4 aromatic carbocycles. The zero-order valence-electron chi connectivity index (χ0n) is 25.5. The van der Waals surface area contributed by atoms with Gasteiger partial charge in [-0.05, 0) is 53.4 Å². The van der Waals surface area contributed by atoms with Crippen LogP contribution < -0.4 is 9.62 Å². The molecule has 2 amide bonds. The van der Waals surface area contributed by atoms with Gasteiger partial charge in [0.2, 0.25) is 11.8 Å². The minimum atomic E-state index is -4.33. The predicted octanol–water partition coefficient (Wildman–Crippen LogP) is 5.86. The summed E-state index contributed by atoms with van der Waals surface area (Å²) in [6, 6.07) is 27.6. The molecule has 4 rings (SSSR count). The molecule has 4 aromatic rings. The molecule has 10 nitrogen and oxygen atoms in total. The second-order valence-corrected chi connectivity index (χ2v) is 13.4. The second kappa shape index (κ2) is 15.5. The smallest absolute Gasteiger partial charge is 0.269 e. The lowest BCUT2D eigenvalue weighted by molar-refractivity contribution is -0.384. The molecule has 0 aliphatic carbocycles. The third-order valence-corrected chi connectivity index (χ3v) is 9.18. The van der Waals surface area contributed by atoms with Gasteiger partial charge in [0.05, 0.1) is 15.5 Å². The molecular formula is C34H35ClN4O6S. The van der Waals surface area contributed by atoms with E-state index < -0.39 is 33.4 Å². The van der Waals surface area contributed by atoms with Crippen molar-refractivity contribution in [1.82, 2.24) is 10.2 Å². The number of benzene rings is 4. The Labute approximate surface area is 273 Å². The highest BCUT2D eigenvalue weighted by atomic mass is 35.5. The molecule has 1 atom stereocenters. The van der Waals surface area contributed by atoms with E-state index in [-0.39, 0.29) is 41.1 Å². The van der Waals surface area contributed by atoms with Crippen LogP contribution in [-0.2, 0) is 32.6 Å². The van der Waals surface area contributed by atoms with Crippen molar-refractivity contribution in [3.05, 3.63) is 135 Å². The standard InChI is InChI=1S/C34H35ClN4O6S/c1-25(2)22-36-34(41)32(21-26-10-5-3-6-11-26)37(23-27-12-9-13-28(35)20-27)33(40)24-38(29-16-18-30(19-17-29)39(42)43)46(44,45)31-14-7-4-8-15-31/h3-20,25,32H,21-24H2,1-2H3,(H,36,41)/t32-/m0/s1. The van der Waals surface area contributed by atoms with E-state index in [0.29, 0.717) is 17.1 Å². The van der Waals surface area contributed by atoms with E-state index in [1.54, 1.807) is 42.5 Å². The lowest BCUT2D eigenvalue weighted by Crippen LogP contribution is -2.53. The molecule has 0 bridgehead atoms. The highest BCUT2D eigenvalue weighted by molar-refractivity contribution is 7.92. The minimum Gasteiger partial charge on any atom is -0.354 e. The van der Waals surface area contributed by atoms with Crippen LogP contribution >= 0.6 is 11.6 Å². The second-order valence-electron chi connectivity index (χ2n) is 11.1. The number of rotatable bonds is 14. The highest BCUT2D eigenvalue weighted by Crippen LogP contribution is 2.27. The van der Waals surface area contributed by atoms with Crippen molar-refractivity contribution in [2.24, 2.45) is 5.92 Å². The van der Waals surface area contributed by atoms with Crippen LogP contribution in [0, 0.1) is 16.0 Å². The molecule has 1 N–H and O–H groups in total. The van der Waals surface area contributed by atoms with Gasteiger partial charge < -0.3 is 10.2 Å². The Balaban J connectivity index is 1.80. The fraction of sp³-hybridized carbons (Fsp3) is 0.235. The van der Waals surface area contributed by atoms with Gasteiger partial charge in [-0.15, -0.1) is 0 Å². The lowest BCUT2D eigenvalue weighted by Gasteiger charge is -2.34. The first kappa shape index (κ1) is 34.1. The summed E-state index contributed by atoms with van der Waals surface area (Å²) in [6.45, 7) is 3.57. The zero-order chi connectivity index (χ0) is 33.3. The van der Waals surface area contributed by atoms with Gasteiger partial charge in [0.25, 0.3) is 15.7 Å². The quantitative estimate of drug-likeness (QED) is 0.133. The van der Waals surface area contributed by atoms with Crippen molar-refractivity contribution < 1.29 is 22.9 Å². The number of nitrogens with zero attached hydrogens (tertiary/aromatic N) is 3. The Kier molecular flexibility index (Phi) is 11.5. The van der Waals surface area contributed by atoms with Crippen LogP contribution in [0.25, 0.3) is 0 Å². The lowest BCUT2D eigenvalue weighted by atomic mass is 10.0. The molecule has 0 fully saturated rings. The topological polar surface area (TPSA) is 130 Å². The summed E-state index contributed by atoms with van der Waals surface area (Å²) < 4.78 is 28.9. The van der Waals surface area contributed by atoms with Crippen molar-refractivity contribution in [2.75, 3.05) is 17.4 Å². The van der Waals surface area contributed by atoms with Crippen LogP contribution in [0.4, 0.5) is 11.4 Å². The maximum absolute atomic E-state index is 14.4. The van der Waals surface area contributed by atoms with E-state index in [1.165, 1.54) is 41.3 Å². The summed E-state index contributed by atoms with van der Waals surface area (Å²) in [4.78, 5) is 40.3. The summed E-state index contributed by atoms with van der Waals surface area (Å²) in [5.41, 5.74) is 1.26. The molecule has 240 valence electrons. The van der Waals surface area contributed by atoms with Gasteiger partial charge in [-0.2, -0.15) is 0 Å². The largest absolute Gasteiger partial charge is 0.354 e. The number of nitro benzene ring substituents is 1. The summed E-state index contributed by atoms with van der Waals surface area (Å²) >= 11 is 6.27. The Hall–Kier alpha value is -4.74. The summed E-state index contributed by atoms with van der Waals surface area (Å²) in [5, 5.41) is 14.7. The summed E-state index contributed by atoms with van der Waals surface area (Å²) in [7, 11) is -4.33. The van der Waals surface area contributed by atoms with E-state index in [1.807, 2.05) is 44.2 Å². The van der Waals surface area contributed by atoms with Gasteiger partial charge in [0.1, 0.15) is 12.6 Å². The average molecular weight is 663 g/mol. The number of hydrogen-bond donors (Lipinski definition) is 1. The Bertz CT molecular complexity index is 1750. The maximum atomic E-state index is 14.4. The van der Waals surface area contributed by atoms with Gasteiger partial charge in [-0.25, -0.2) is 8.42 Å². The van der Waals surface area contributed by atoms with Gasteiger partial charge in [-0.3, -0.25) is 24.0 Å². The monoisotopic (exact) mass is 662 g/mol. The van der Waals surface area contributed by atoms with E-state index in [0.717, 1.165) is 9.87 Å². The highest BCUT2D eigenvalue weighted by Gasteiger charge is 2.34. The maximum Gasteiger partial charge on any atom is 0.269 e.